The quantitative estimate of drug-likeness (QED) is 0.699. The van der Waals surface area contributed by atoms with Gasteiger partial charge < -0.3 is 10.4 Å². The van der Waals surface area contributed by atoms with Crippen LogP contribution in [-0.2, 0) is 10.0 Å². The molecule has 0 spiro atoms. The first kappa shape index (κ1) is 18.1. The fourth-order valence-electron chi connectivity index (χ4n) is 4.18. The third-order valence-electron chi connectivity index (χ3n) is 5.31. The van der Waals surface area contributed by atoms with Crippen LogP contribution in [0.2, 0.25) is 0 Å². The molecule has 0 radical (unpaired) electrons. The number of phenols is 1. The molecule has 3 atom stereocenters. The number of phenolic OH excluding ortho intramolecular Hbond substituents is 1. The Morgan fingerprint density at radius 3 is 2.67 bits per heavy atom. The molecule has 1 aliphatic carbocycles. The number of para-hydroxylation sites is 1. The Morgan fingerprint density at radius 1 is 1.15 bits per heavy atom. The highest BCUT2D eigenvalue weighted by atomic mass is 32.2. The van der Waals surface area contributed by atoms with E-state index in [4.69, 9.17) is 0 Å². The summed E-state index contributed by atoms with van der Waals surface area (Å²) in [5.41, 5.74) is 2.78. The zero-order valence-corrected chi connectivity index (χ0v) is 16.2. The lowest BCUT2D eigenvalue weighted by molar-refractivity contribution is 0.402. The lowest BCUT2D eigenvalue weighted by atomic mass is 9.77. The van der Waals surface area contributed by atoms with Crippen LogP contribution in [0.25, 0.3) is 0 Å². The summed E-state index contributed by atoms with van der Waals surface area (Å²) in [5.74, 6) is 0.645. The largest absolute Gasteiger partial charge is 0.508 e. The Labute approximate surface area is 160 Å². The molecule has 4 rings (SSSR count). The van der Waals surface area contributed by atoms with E-state index in [1.807, 2.05) is 38.1 Å². The topological polar surface area (TPSA) is 78.4 Å². The Balaban J connectivity index is 1.75. The first-order valence-electron chi connectivity index (χ1n) is 9.24. The van der Waals surface area contributed by atoms with Crippen molar-refractivity contribution in [3.8, 4) is 5.75 Å². The molecule has 142 valence electrons. The van der Waals surface area contributed by atoms with Crippen molar-refractivity contribution in [2.45, 2.75) is 43.2 Å². The number of benzene rings is 2. The minimum absolute atomic E-state index is 0.0186. The van der Waals surface area contributed by atoms with E-state index in [1.165, 1.54) is 0 Å². The van der Waals surface area contributed by atoms with Crippen molar-refractivity contribution in [1.82, 2.24) is 4.72 Å². The van der Waals surface area contributed by atoms with Gasteiger partial charge in [0, 0.05) is 23.2 Å². The van der Waals surface area contributed by atoms with Crippen molar-refractivity contribution in [3.63, 3.8) is 0 Å². The van der Waals surface area contributed by atoms with E-state index in [-0.39, 0.29) is 34.6 Å². The maximum atomic E-state index is 12.6. The molecule has 2 aromatic carbocycles. The molecule has 1 heterocycles. The standard InChI is InChI=1S/C21H24N2O3S/c1-13(2)23-27(25,26)14-10-11-19-18(12-14)15-7-5-8-16(15)21(22-19)17-6-3-4-9-20(17)24/h3-7,9-13,15-16,21-24H,8H2,1-2H3. The highest BCUT2D eigenvalue weighted by Crippen LogP contribution is 2.51. The summed E-state index contributed by atoms with van der Waals surface area (Å²) in [4.78, 5) is 0.289. The van der Waals surface area contributed by atoms with Crippen molar-refractivity contribution in [1.29, 1.82) is 0 Å². The van der Waals surface area contributed by atoms with Gasteiger partial charge >= 0.3 is 0 Å². The summed E-state index contributed by atoms with van der Waals surface area (Å²) in [6.45, 7) is 3.62. The third kappa shape index (κ3) is 3.24. The fraction of sp³-hybridized carbons (Fsp3) is 0.333. The molecule has 3 N–H and O–H groups in total. The van der Waals surface area contributed by atoms with Gasteiger partial charge in [0.05, 0.1) is 10.9 Å². The van der Waals surface area contributed by atoms with E-state index in [0.717, 1.165) is 23.2 Å². The van der Waals surface area contributed by atoms with Gasteiger partial charge in [-0.2, -0.15) is 0 Å². The van der Waals surface area contributed by atoms with Crippen LogP contribution >= 0.6 is 0 Å². The summed E-state index contributed by atoms with van der Waals surface area (Å²) >= 11 is 0. The number of rotatable bonds is 4. The van der Waals surface area contributed by atoms with Crippen molar-refractivity contribution in [2.24, 2.45) is 5.92 Å². The molecule has 0 saturated carbocycles. The van der Waals surface area contributed by atoms with Gasteiger partial charge in [-0.1, -0.05) is 30.4 Å². The molecule has 2 aromatic rings. The number of hydrogen-bond acceptors (Lipinski definition) is 4. The first-order chi connectivity index (χ1) is 12.9. The second kappa shape index (κ2) is 6.69. The zero-order valence-electron chi connectivity index (χ0n) is 15.4. The van der Waals surface area contributed by atoms with Crippen LogP contribution in [0.1, 0.15) is 43.4 Å². The molecule has 0 fully saturated rings. The predicted molar refractivity (Wildman–Crippen MR) is 106 cm³/mol. The molecular formula is C21H24N2O3S. The van der Waals surface area contributed by atoms with E-state index in [9.17, 15) is 13.5 Å². The Hall–Kier alpha value is -2.31. The summed E-state index contributed by atoms with van der Waals surface area (Å²) in [6, 6.07) is 12.5. The minimum Gasteiger partial charge on any atom is -0.508 e. The van der Waals surface area contributed by atoms with Gasteiger partial charge in [0.15, 0.2) is 0 Å². The number of fused-ring (bicyclic) bond motifs is 3. The third-order valence-corrected chi connectivity index (χ3v) is 6.96. The second-order valence-corrected chi connectivity index (χ2v) is 9.27. The Kier molecular flexibility index (Phi) is 4.48. The lowest BCUT2D eigenvalue weighted by Crippen LogP contribution is -2.31. The maximum Gasteiger partial charge on any atom is 0.240 e. The van der Waals surface area contributed by atoms with E-state index in [2.05, 4.69) is 22.2 Å². The average molecular weight is 385 g/mol. The van der Waals surface area contributed by atoms with Crippen molar-refractivity contribution < 1.29 is 13.5 Å². The molecule has 0 amide bonds. The number of anilines is 1. The van der Waals surface area contributed by atoms with Gasteiger partial charge in [0.2, 0.25) is 10.0 Å². The van der Waals surface area contributed by atoms with Crippen LogP contribution in [0, 0.1) is 5.92 Å². The Bertz CT molecular complexity index is 998. The van der Waals surface area contributed by atoms with Gasteiger partial charge in [-0.05, 0) is 56.0 Å². The molecule has 0 bridgehead atoms. The maximum absolute atomic E-state index is 12.6. The van der Waals surface area contributed by atoms with Crippen LogP contribution < -0.4 is 10.0 Å². The highest BCUT2D eigenvalue weighted by Gasteiger charge is 2.39. The zero-order chi connectivity index (χ0) is 19.2. The van der Waals surface area contributed by atoms with Gasteiger partial charge in [-0.25, -0.2) is 13.1 Å². The molecule has 6 heteroatoms. The van der Waals surface area contributed by atoms with Gasteiger partial charge in [0.1, 0.15) is 5.75 Å². The van der Waals surface area contributed by atoms with E-state index in [0.29, 0.717) is 0 Å². The van der Waals surface area contributed by atoms with E-state index >= 15 is 0 Å². The number of allylic oxidation sites excluding steroid dienone is 2. The number of hydrogen-bond donors (Lipinski definition) is 3. The monoisotopic (exact) mass is 384 g/mol. The van der Waals surface area contributed by atoms with Crippen molar-refractivity contribution in [2.75, 3.05) is 5.32 Å². The van der Waals surface area contributed by atoms with Gasteiger partial charge in [-0.3, -0.25) is 0 Å². The molecule has 2 aliphatic rings. The average Bonchev–Trinajstić information content (AvgIpc) is 3.10. The lowest BCUT2D eigenvalue weighted by Gasteiger charge is -2.38. The van der Waals surface area contributed by atoms with Crippen LogP contribution in [-0.4, -0.2) is 19.6 Å². The van der Waals surface area contributed by atoms with E-state index in [1.54, 1.807) is 18.2 Å². The van der Waals surface area contributed by atoms with Crippen LogP contribution in [0.5, 0.6) is 5.75 Å². The number of nitrogens with one attached hydrogen (secondary N) is 2. The van der Waals surface area contributed by atoms with Crippen LogP contribution in [0.15, 0.2) is 59.5 Å². The molecule has 1 aliphatic heterocycles. The van der Waals surface area contributed by atoms with E-state index < -0.39 is 10.0 Å². The first-order valence-corrected chi connectivity index (χ1v) is 10.7. The molecule has 0 aromatic heterocycles. The smallest absolute Gasteiger partial charge is 0.240 e. The highest BCUT2D eigenvalue weighted by molar-refractivity contribution is 7.89. The fourth-order valence-corrected chi connectivity index (χ4v) is 5.46. The summed E-state index contributed by atoms with van der Waals surface area (Å²) in [6.07, 6.45) is 5.19. The van der Waals surface area contributed by atoms with Crippen molar-refractivity contribution in [3.05, 3.63) is 65.7 Å². The molecule has 27 heavy (non-hydrogen) atoms. The molecule has 5 nitrogen and oxygen atoms in total. The normalized spacial score (nSPS) is 23.7. The molecule has 3 unspecified atom stereocenters. The van der Waals surface area contributed by atoms with Gasteiger partial charge in [-0.15, -0.1) is 0 Å². The summed E-state index contributed by atoms with van der Waals surface area (Å²) in [7, 11) is -3.54. The van der Waals surface area contributed by atoms with Gasteiger partial charge in [0.25, 0.3) is 0 Å². The summed E-state index contributed by atoms with van der Waals surface area (Å²) < 4.78 is 27.8. The molecule has 0 saturated heterocycles. The predicted octanol–water partition coefficient (Wildman–Crippen LogP) is 3.91. The molecular weight excluding hydrogens is 360 g/mol. The second-order valence-electron chi connectivity index (χ2n) is 7.56. The van der Waals surface area contributed by atoms with Crippen LogP contribution in [0.3, 0.4) is 0 Å². The number of sulfonamides is 1. The van der Waals surface area contributed by atoms with Crippen LogP contribution in [0.4, 0.5) is 5.69 Å². The minimum atomic E-state index is -3.54. The summed E-state index contributed by atoms with van der Waals surface area (Å²) in [5, 5.41) is 13.8. The Morgan fingerprint density at radius 2 is 1.93 bits per heavy atom. The SMILES string of the molecule is CC(C)NS(=O)(=O)c1ccc2c(c1)C1C=CCC1C(c1ccccc1O)N2. The number of aromatic hydroxyl groups is 1. The van der Waals surface area contributed by atoms with Crippen molar-refractivity contribution >= 4 is 15.7 Å².